The van der Waals surface area contributed by atoms with Crippen molar-refractivity contribution in [2.45, 2.75) is 31.3 Å². The van der Waals surface area contributed by atoms with Crippen molar-refractivity contribution in [1.29, 1.82) is 0 Å². The summed E-state index contributed by atoms with van der Waals surface area (Å²) < 4.78 is 0. The number of hydrogen-bond donors (Lipinski definition) is 0. The molecule has 2 aromatic carbocycles. The van der Waals surface area contributed by atoms with E-state index in [-0.39, 0.29) is 6.04 Å². The van der Waals surface area contributed by atoms with Gasteiger partial charge in [0.25, 0.3) is 0 Å². The van der Waals surface area contributed by atoms with Crippen LogP contribution in [0.1, 0.15) is 30.9 Å². The van der Waals surface area contributed by atoms with E-state index in [1.165, 1.54) is 11.3 Å². The maximum atomic E-state index is 4.77. The summed E-state index contributed by atoms with van der Waals surface area (Å²) in [5.74, 6) is 0.509. The fraction of sp³-hybridized carbons (Fsp3) is 0.300. The maximum Gasteiger partial charge on any atom is 0.0848 e. The first kappa shape index (κ1) is 13.8. The third-order valence-electron chi connectivity index (χ3n) is 5.38. The Labute approximate surface area is 142 Å². The van der Waals surface area contributed by atoms with Gasteiger partial charge < -0.3 is 0 Å². The first-order chi connectivity index (χ1) is 11.9. The van der Waals surface area contributed by atoms with E-state index < -0.39 is 0 Å². The molecule has 4 heteroatoms. The van der Waals surface area contributed by atoms with Crippen LogP contribution in [-0.2, 0) is 0 Å². The molecule has 0 N–H and O–H groups in total. The predicted octanol–water partition coefficient (Wildman–Crippen LogP) is 4.21. The molecule has 0 aliphatic carbocycles. The minimum Gasteiger partial charge on any atom is -0.262 e. The van der Waals surface area contributed by atoms with E-state index in [0.29, 0.717) is 12.0 Å². The second kappa shape index (κ2) is 5.48. The molecule has 0 aromatic heterocycles. The van der Waals surface area contributed by atoms with Crippen LogP contribution in [0, 0.1) is 5.92 Å². The van der Waals surface area contributed by atoms with E-state index in [1.807, 2.05) is 0 Å². The SMILES string of the molecule is C1=NN2c3ccccc3[C@H]3[C@H](CC=NN3c3ccccc3)[C@@H]2CC1. The first-order valence-corrected chi connectivity index (χ1v) is 8.71. The summed E-state index contributed by atoms with van der Waals surface area (Å²) in [6.45, 7) is 0. The Bertz CT molecular complexity index is 798. The fourth-order valence-electron chi connectivity index (χ4n) is 4.36. The molecule has 0 spiro atoms. The van der Waals surface area contributed by atoms with Crippen molar-refractivity contribution < 1.29 is 0 Å². The molecule has 3 aliphatic rings. The van der Waals surface area contributed by atoms with Gasteiger partial charge in [0.2, 0.25) is 0 Å². The predicted molar refractivity (Wildman–Crippen MR) is 98.7 cm³/mol. The third kappa shape index (κ3) is 1.99. The molecule has 0 amide bonds. The van der Waals surface area contributed by atoms with Crippen LogP contribution < -0.4 is 10.0 Å². The van der Waals surface area contributed by atoms with Crippen LogP contribution in [0.3, 0.4) is 0 Å². The number of para-hydroxylation sites is 2. The molecule has 0 fully saturated rings. The van der Waals surface area contributed by atoms with Gasteiger partial charge in [0.05, 0.1) is 23.5 Å². The molecule has 3 atom stereocenters. The number of hydrazone groups is 2. The highest BCUT2D eigenvalue weighted by Crippen LogP contribution is 2.49. The number of fused-ring (bicyclic) bond motifs is 6. The lowest BCUT2D eigenvalue weighted by Gasteiger charge is -2.50. The molecule has 3 aliphatic heterocycles. The van der Waals surface area contributed by atoms with E-state index in [2.05, 4.69) is 77.0 Å². The molecule has 0 unspecified atom stereocenters. The number of benzene rings is 2. The van der Waals surface area contributed by atoms with Gasteiger partial charge in [-0.1, -0.05) is 36.4 Å². The topological polar surface area (TPSA) is 31.2 Å². The fourth-order valence-corrected chi connectivity index (χ4v) is 4.36. The van der Waals surface area contributed by atoms with Crippen LogP contribution in [0.4, 0.5) is 11.4 Å². The van der Waals surface area contributed by atoms with Crippen LogP contribution in [0.15, 0.2) is 64.8 Å². The molecule has 0 saturated carbocycles. The van der Waals surface area contributed by atoms with Gasteiger partial charge in [-0.3, -0.25) is 10.0 Å². The Morgan fingerprint density at radius 3 is 2.54 bits per heavy atom. The van der Waals surface area contributed by atoms with E-state index in [9.17, 15) is 0 Å². The Kier molecular flexibility index (Phi) is 3.15. The lowest BCUT2D eigenvalue weighted by Crippen LogP contribution is -2.51. The Hall–Kier alpha value is -2.62. The minimum atomic E-state index is 0.281. The van der Waals surface area contributed by atoms with Gasteiger partial charge in [0.15, 0.2) is 0 Å². The third-order valence-corrected chi connectivity index (χ3v) is 5.38. The zero-order valence-electron chi connectivity index (χ0n) is 13.5. The highest BCUT2D eigenvalue weighted by atomic mass is 15.5. The second-order valence-corrected chi connectivity index (χ2v) is 6.67. The van der Waals surface area contributed by atoms with Crippen molar-refractivity contribution in [2.24, 2.45) is 16.1 Å². The summed E-state index contributed by atoms with van der Waals surface area (Å²) in [6.07, 6.45) is 7.38. The van der Waals surface area contributed by atoms with E-state index in [0.717, 1.165) is 24.9 Å². The molecule has 3 heterocycles. The van der Waals surface area contributed by atoms with Gasteiger partial charge in [-0.25, -0.2) is 0 Å². The molecule has 24 heavy (non-hydrogen) atoms. The molecular weight excluding hydrogens is 296 g/mol. The molecule has 0 bridgehead atoms. The molecule has 4 nitrogen and oxygen atoms in total. The van der Waals surface area contributed by atoms with E-state index in [1.54, 1.807) is 0 Å². The maximum absolute atomic E-state index is 4.77. The monoisotopic (exact) mass is 316 g/mol. The van der Waals surface area contributed by atoms with Gasteiger partial charge in [-0.2, -0.15) is 10.2 Å². The van der Waals surface area contributed by atoms with E-state index >= 15 is 0 Å². The molecule has 0 saturated heterocycles. The van der Waals surface area contributed by atoms with Crippen molar-refractivity contribution in [2.75, 3.05) is 10.0 Å². The number of rotatable bonds is 1. The average Bonchev–Trinajstić information content (AvgIpc) is 2.68. The Balaban J connectivity index is 1.68. The van der Waals surface area contributed by atoms with Crippen molar-refractivity contribution in [1.82, 2.24) is 0 Å². The second-order valence-electron chi connectivity index (χ2n) is 6.67. The number of anilines is 2. The highest BCUT2D eigenvalue weighted by molar-refractivity contribution is 5.71. The Morgan fingerprint density at radius 1 is 0.833 bits per heavy atom. The zero-order chi connectivity index (χ0) is 15.9. The molecular formula is C20H20N4. The van der Waals surface area contributed by atoms with Crippen LogP contribution in [-0.4, -0.2) is 18.5 Å². The van der Waals surface area contributed by atoms with Crippen molar-refractivity contribution in [3.8, 4) is 0 Å². The van der Waals surface area contributed by atoms with Crippen molar-refractivity contribution in [3.05, 3.63) is 60.2 Å². The summed E-state index contributed by atoms with van der Waals surface area (Å²) in [5.41, 5.74) is 3.72. The van der Waals surface area contributed by atoms with E-state index in [4.69, 9.17) is 10.2 Å². The Morgan fingerprint density at radius 2 is 1.62 bits per heavy atom. The van der Waals surface area contributed by atoms with Gasteiger partial charge >= 0.3 is 0 Å². The molecule has 5 rings (SSSR count). The summed E-state index contributed by atoms with van der Waals surface area (Å²) in [6, 6.07) is 19.9. The summed E-state index contributed by atoms with van der Waals surface area (Å²) in [7, 11) is 0. The summed E-state index contributed by atoms with van der Waals surface area (Å²) in [5, 5.41) is 14.0. The zero-order valence-corrected chi connectivity index (χ0v) is 13.5. The highest BCUT2D eigenvalue weighted by Gasteiger charge is 2.45. The number of hydrogen-bond acceptors (Lipinski definition) is 4. The normalized spacial score (nSPS) is 27.4. The first-order valence-electron chi connectivity index (χ1n) is 8.71. The molecule has 2 aromatic rings. The minimum absolute atomic E-state index is 0.281. The standard InChI is InChI=1S/C20H20N4/c1-2-7-15(8-3-1)23-20-16-9-4-5-10-18(16)24-19(11-6-13-21-24)17(20)12-14-22-23/h1-5,7-10,13-14,17,19-20H,6,11-12H2/t17-,19+,20+/m1/s1. The average molecular weight is 316 g/mol. The largest absolute Gasteiger partial charge is 0.262 e. The lowest BCUT2D eigenvalue weighted by atomic mass is 9.77. The smallest absolute Gasteiger partial charge is 0.0848 e. The number of nitrogens with zero attached hydrogens (tertiary/aromatic N) is 4. The molecule has 120 valence electrons. The molecule has 0 radical (unpaired) electrons. The van der Waals surface area contributed by atoms with Crippen LogP contribution in [0.2, 0.25) is 0 Å². The van der Waals surface area contributed by atoms with Gasteiger partial charge in [0.1, 0.15) is 0 Å². The van der Waals surface area contributed by atoms with Crippen molar-refractivity contribution in [3.63, 3.8) is 0 Å². The lowest BCUT2D eigenvalue weighted by molar-refractivity contribution is 0.294. The van der Waals surface area contributed by atoms with Crippen molar-refractivity contribution >= 4 is 23.8 Å². The summed E-state index contributed by atoms with van der Waals surface area (Å²) >= 11 is 0. The summed E-state index contributed by atoms with van der Waals surface area (Å²) in [4.78, 5) is 0. The van der Waals surface area contributed by atoms with Crippen LogP contribution in [0.5, 0.6) is 0 Å². The van der Waals surface area contributed by atoms with Gasteiger partial charge in [0, 0.05) is 23.9 Å². The van der Waals surface area contributed by atoms with Crippen LogP contribution >= 0.6 is 0 Å². The quantitative estimate of drug-likeness (QED) is 0.789. The van der Waals surface area contributed by atoms with Gasteiger partial charge in [-0.05, 0) is 37.5 Å². The van der Waals surface area contributed by atoms with Crippen LogP contribution in [0.25, 0.3) is 0 Å². The van der Waals surface area contributed by atoms with Gasteiger partial charge in [-0.15, -0.1) is 0 Å².